The van der Waals surface area contributed by atoms with E-state index in [-0.39, 0.29) is 149 Å². The molecule has 4 aliphatic carbocycles. The summed E-state index contributed by atoms with van der Waals surface area (Å²) in [6.07, 6.45) is 19.2. The van der Waals surface area contributed by atoms with E-state index >= 15 is 0 Å². The van der Waals surface area contributed by atoms with Crippen LogP contribution in [0.25, 0.3) is 143 Å². The van der Waals surface area contributed by atoms with E-state index in [0.29, 0.717) is 75.7 Å². The van der Waals surface area contributed by atoms with Gasteiger partial charge in [0.25, 0.3) is 0 Å². The van der Waals surface area contributed by atoms with Crippen LogP contribution in [0.2, 0.25) is 0 Å². The zero-order chi connectivity index (χ0) is 99.1. The molecule has 0 spiro atoms. The van der Waals surface area contributed by atoms with Crippen LogP contribution in [-0.4, -0.2) is 140 Å². The molecule has 4 atom stereocenters. The number of halogens is 1. The number of aldehydes is 1. The van der Waals surface area contributed by atoms with Crippen molar-refractivity contribution in [2.24, 2.45) is 0 Å². The molecule has 4 unspecified atom stereocenters. The van der Waals surface area contributed by atoms with E-state index in [4.69, 9.17) is 45.5 Å². The predicted molar refractivity (Wildman–Crippen MR) is 561 cm³/mol. The first-order valence-electron chi connectivity index (χ1n) is 48.7. The van der Waals surface area contributed by atoms with Crippen LogP contribution >= 0.6 is 15.9 Å². The van der Waals surface area contributed by atoms with E-state index < -0.39 is 0 Å². The minimum absolute atomic E-state index is 0. The Bertz CT molecular complexity index is 7770. The topological polar surface area (TPSA) is 310 Å². The van der Waals surface area contributed by atoms with E-state index in [9.17, 15) is 52.7 Å². The summed E-state index contributed by atoms with van der Waals surface area (Å²) >= 11 is 3.55. The Morgan fingerprint density at radius 2 is 0.621 bits per heavy atom. The molecule has 0 radical (unpaired) electrons. The number of carbonyl (C=O) groups is 11. The summed E-state index contributed by atoms with van der Waals surface area (Å²) in [5.41, 5.74) is 15.2. The smallest absolute Gasteiger partial charge is 0.310 e. The van der Waals surface area contributed by atoms with Crippen molar-refractivity contribution >= 4 is 223 Å². The van der Waals surface area contributed by atoms with Crippen molar-refractivity contribution in [3.05, 3.63) is 306 Å². The number of carbonyl (C=O) groups excluding carboxylic acids is 11. The minimum Gasteiger partial charge on any atom is -0.466 e. The van der Waals surface area contributed by atoms with Crippen molar-refractivity contribution in [2.45, 2.75) is 141 Å². The van der Waals surface area contributed by atoms with Crippen molar-refractivity contribution in [1.29, 1.82) is 0 Å². The first-order valence-corrected chi connectivity index (χ1v) is 49.5. The number of morpholine rings is 2. The molecular formula is C120H108BrN2O21W-. The van der Waals surface area contributed by atoms with Gasteiger partial charge in [0, 0.05) is 185 Å². The third-order valence-corrected chi connectivity index (χ3v) is 29.0. The van der Waals surface area contributed by atoms with Crippen molar-refractivity contribution in [2.75, 3.05) is 65.8 Å². The monoisotopic (exact) mass is 2180 g/mol. The van der Waals surface area contributed by atoms with Crippen molar-refractivity contribution in [1.82, 2.24) is 9.80 Å². The van der Waals surface area contributed by atoms with E-state index in [1.165, 1.54) is 21.9 Å². The Balaban J connectivity index is 0.000000119. The van der Waals surface area contributed by atoms with E-state index in [1.54, 1.807) is 57.5 Å². The maximum atomic E-state index is 12.5. The van der Waals surface area contributed by atoms with Gasteiger partial charge in [-0.05, 0) is 181 Å². The molecule has 6 aromatic heterocycles. The molecule has 23 nitrogen and oxygen atoms in total. The minimum atomic E-state index is -0.306. The molecule has 145 heavy (non-hydrogen) atoms. The fraction of sp³-hybridized carbons (Fsp3) is 0.267. The molecule has 2 aliphatic heterocycles. The molecule has 738 valence electrons. The second-order valence-corrected chi connectivity index (χ2v) is 37.8. The average Bonchev–Trinajstić information content (AvgIpc) is 1.64. The number of rotatable bonds is 17. The fourth-order valence-electron chi connectivity index (χ4n) is 21.3. The van der Waals surface area contributed by atoms with Gasteiger partial charge in [-0.2, -0.15) is 0 Å². The summed E-state index contributed by atoms with van der Waals surface area (Å²) in [4.78, 5) is 135. The fourth-order valence-corrected chi connectivity index (χ4v) is 21.8. The van der Waals surface area contributed by atoms with E-state index in [2.05, 4.69) is 87.4 Å². The molecule has 24 rings (SSSR count). The van der Waals surface area contributed by atoms with Crippen LogP contribution in [-0.2, 0) is 114 Å². The largest absolute Gasteiger partial charge is 0.466 e. The molecule has 4 saturated carbocycles. The van der Waals surface area contributed by atoms with Gasteiger partial charge in [0.15, 0.2) is 6.29 Å². The number of hydrogen-bond donors (Lipinski definition) is 0. The molecule has 6 fully saturated rings. The normalized spacial score (nSPS) is 17.4. The zero-order valence-corrected chi connectivity index (χ0v) is 85.4. The van der Waals surface area contributed by atoms with Crippen LogP contribution in [0.1, 0.15) is 181 Å². The van der Waals surface area contributed by atoms with Crippen LogP contribution in [0.15, 0.2) is 264 Å². The molecule has 0 bridgehead atoms. The average molecular weight is 2180 g/mol. The molecule has 18 aromatic rings. The maximum Gasteiger partial charge on any atom is 0.310 e. The molecule has 8 heterocycles. The quantitative estimate of drug-likeness (QED) is 0.0354. The van der Waals surface area contributed by atoms with Gasteiger partial charge in [-0.15, -0.1) is 0 Å². The van der Waals surface area contributed by atoms with Gasteiger partial charge in [-0.25, -0.2) is 0 Å². The first kappa shape index (κ1) is 102. The molecule has 2 saturated heterocycles. The van der Waals surface area contributed by atoms with Crippen LogP contribution in [0.5, 0.6) is 0 Å². The standard InChI is InChI=1S/2C23H23NO4.C20H16O3.C19H14O4.C18H16O3.C16H13BrO3.CH3.W/c2*25-16-4-5-18(21(26)12-16)20-14-28-22-7-6-17-15(2-1-3-19(17)23(20)22)13-24-8-10-27-11-9-24;1-2-12-4-3-5-16-14(12)8-9-19-20(16)17(11-23-19)15-7-6-13(21)10-18(15)22;20-9-11-2-1-3-15-13(11)6-7-18-19(15)16(10-23-18)14-5-4-12(21)8-17(14)22;1-3-12-6-5-7-15-14(12)8-9-16-18(15)13(11-21-16)10-17(19)20-4-2;1-2-19-15(18)8-10-9-20-14-7-6-11-12(16(10)14)4-3-5-13(11)17;;/h2*1-3,6-7,14,18H,4-5,8-13H2;2-5,8-9,11,15H,1,6-7,10H2;1-3,6-7,9-10,14H,4-5,8H2;3,5-9,11H,1,4,10H2,2H3;3-7,9H,2,8H2,1H3;1H3;/q;;;;;;-1;. The van der Waals surface area contributed by atoms with Gasteiger partial charge in [0.1, 0.15) is 79.8 Å². The van der Waals surface area contributed by atoms with Crippen LogP contribution in [0.4, 0.5) is 0 Å². The Hall–Kier alpha value is -14.1. The molecular weight excluding hydrogens is 2070 g/mol. The number of ether oxygens (including phenoxy) is 4. The zero-order valence-electron chi connectivity index (χ0n) is 80.9. The summed E-state index contributed by atoms with van der Waals surface area (Å²) in [7, 11) is 0. The second kappa shape index (κ2) is 45.9. The number of esters is 2. The van der Waals surface area contributed by atoms with Gasteiger partial charge >= 0.3 is 11.9 Å². The van der Waals surface area contributed by atoms with Crippen molar-refractivity contribution in [3.8, 4) is 0 Å². The summed E-state index contributed by atoms with van der Waals surface area (Å²) in [5.74, 6) is -1.39. The number of nitrogens with zero attached hydrogens (tertiary/aromatic N) is 2. The third kappa shape index (κ3) is 21.6. The summed E-state index contributed by atoms with van der Waals surface area (Å²) in [5, 5.41) is 18.8. The summed E-state index contributed by atoms with van der Waals surface area (Å²) < 4.78 is 56.1. The van der Waals surface area contributed by atoms with Gasteiger partial charge in [-0.3, -0.25) is 62.5 Å². The third-order valence-electron chi connectivity index (χ3n) is 28.3. The van der Waals surface area contributed by atoms with E-state index in [1.807, 2.05) is 140 Å². The summed E-state index contributed by atoms with van der Waals surface area (Å²) in [6.45, 7) is 20.8. The molecule has 0 amide bonds. The Labute approximate surface area is 858 Å². The van der Waals surface area contributed by atoms with Gasteiger partial charge in [-0.1, -0.05) is 169 Å². The number of fused-ring (bicyclic) bond motifs is 18. The Morgan fingerprint density at radius 3 is 0.945 bits per heavy atom. The molecule has 25 heteroatoms. The molecule has 12 aromatic carbocycles. The number of Topliss-reactive ketones (excluding diaryl/α,β-unsaturated/α-hetero) is 8. The van der Waals surface area contributed by atoms with Gasteiger partial charge in [0.2, 0.25) is 0 Å². The maximum absolute atomic E-state index is 12.5. The number of hydrogen-bond acceptors (Lipinski definition) is 23. The Kier molecular flexibility index (Phi) is 32.4. The number of benzene rings is 12. The SMILES string of the molecule is C=Cc1cccc2c1ccc1occ(C3CCC(=O)CC3=O)c12.C=Cc1cccc2c1ccc1occ(CC(=O)OCC)c12.CCOC(=O)Cc1coc2ccc3c(Br)cccc3c12.O=C1CCC(c2coc3ccc4c(CN5CCOCC5)cccc4c23)C(=O)C1.O=C1CCC(c2coc3ccc4c(CN5CCOCC5)cccc4c23)C(=O)C1.O=Cc1cccc2c1ccc1occ(C3CCC(=O)CC3=O)c12.[CH3-].[W]. The molecule has 0 N–H and O–H groups in total. The predicted octanol–water partition coefficient (Wildman–Crippen LogP) is 25.3. The second-order valence-electron chi connectivity index (χ2n) is 37.0. The van der Waals surface area contributed by atoms with Crippen molar-refractivity contribution in [3.63, 3.8) is 0 Å². The Morgan fingerprint density at radius 1 is 0.345 bits per heavy atom. The first-order chi connectivity index (χ1) is 69.7. The number of ketones is 8. The van der Waals surface area contributed by atoms with E-state index in [0.717, 1.165) is 235 Å². The molecule has 6 aliphatic rings. The van der Waals surface area contributed by atoms with Crippen LogP contribution < -0.4 is 0 Å². The van der Waals surface area contributed by atoms with Crippen LogP contribution in [0.3, 0.4) is 0 Å². The summed E-state index contributed by atoms with van der Waals surface area (Å²) in [6, 6.07) is 60.1. The van der Waals surface area contributed by atoms with Gasteiger partial charge < -0.3 is 52.9 Å². The van der Waals surface area contributed by atoms with Crippen molar-refractivity contribution < 1.29 is 119 Å². The van der Waals surface area contributed by atoms with Crippen LogP contribution in [0, 0.1) is 7.43 Å². The van der Waals surface area contributed by atoms with Gasteiger partial charge in [0.05, 0.1) is 116 Å². The number of furan rings is 6.